The molecule has 0 aliphatic carbocycles. The van der Waals surface area contributed by atoms with E-state index in [1.165, 1.54) is 12.8 Å². The minimum absolute atomic E-state index is 0.0252. The number of benzene rings is 1. The fraction of sp³-hybridized carbons (Fsp3) is 0.400. The molecule has 0 radical (unpaired) electrons. The van der Waals surface area contributed by atoms with E-state index >= 15 is 0 Å². The normalized spacial score (nSPS) is 13.6. The maximum Gasteiger partial charge on any atom is 0.246 e. The SMILES string of the molecule is O=C(COCCOc1ccccc1)NCc1ccc(N2CCCC2)nc1. The van der Waals surface area contributed by atoms with Crippen LogP contribution in [0, 0.1) is 0 Å². The van der Waals surface area contributed by atoms with Gasteiger partial charge in [0.25, 0.3) is 0 Å². The second-order valence-corrected chi connectivity index (χ2v) is 6.21. The number of para-hydroxylation sites is 1. The van der Waals surface area contributed by atoms with Crippen molar-refractivity contribution in [3.05, 3.63) is 54.2 Å². The lowest BCUT2D eigenvalue weighted by Gasteiger charge is -2.16. The largest absolute Gasteiger partial charge is 0.491 e. The molecule has 0 bridgehead atoms. The van der Waals surface area contributed by atoms with E-state index in [2.05, 4.69) is 15.2 Å². The number of rotatable bonds is 9. The summed E-state index contributed by atoms with van der Waals surface area (Å²) >= 11 is 0. The Bertz CT molecular complexity index is 670. The third kappa shape index (κ3) is 5.74. The van der Waals surface area contributed by atoms with Crippen LogP contribution in [-0.4, -0.2) is 43.8 Å². The number of hydrogen-bond acceptors (Lipinski definition) is 5. The quantitative estimate of drug-likeness (QED) is 0.700. The number of pyridine rings is 1. The number of amides is 1. The molecule has 2 heterocycles. The molecule has 1 aliphatic rings. The fourth-order valence-corrected chi connectivity index (χ4v) is 2.81. The van der Waals surface area contributed by atoms with E-state index in [0.29, 0.717) is 19.8 Å². The molecule has 6 nitrogen and oxygen atoms in total. The van der Waals surface area contributed by atoms with Crippen molar-refractivity contribution in [3.63, 3.8) is 0 Å². The van der Waals surface area contributed by atoms with Gasteiger partial charge >= 0.3 is 0 Å². The van der Waals surface area contributed by atoms with Crippen molar-refractivity contribution < 1.29 is 14.3 Å². The van der Waals surface area contributed by atoms with Crippen LogP contribution in [0.15, 0.2) is 48.7 Å². The van der Waals surface area contributed by atoms with E-state index in [1.54, 1.807) is 0 Å². The second-order valence-electron chi connectivity index (χ2n) is 6.21. The van der Waals surface area contributed by atoms with Gasteiger partial charge in [-0.15, -0.1) is 0 Å². The van der Waals surface area contributed by atoms with Crippen LogP contribution in [0.1, 0.15) is 18.4 Å². The molecule has 2 aromatic rings. The van der Waals surface area contributed by atoms with Gasteiger partial charge in [0.15, 0.2) is 0 Å². The molecule has 0 unspecified atom stereocenters. The third-order valence-electron chi connectivity index (χ3n) is 4.20. The highest BCUT2D eigenvalue weighted by Gasteiger charge is 2.13. The summed E-state index contributed by atoms with van der Waals surface area (Å²) in [5, 5.41) is 2.84. The summed E-state index contributed by atoms with van der Waals surface area (Å²) in [6.45, 7) is 3.42. The van der Waals surface area contributed by atoms with E-state index in [0.717, 1.165) is 30.2 Å². The predicted molar refractivity (Wildman–Crippen MR) is 100 cm³/mol. The smallest absolute Gasteiger partial charge is 0.246 e. The number of carbonyl (C=O) groups excluding carboxylic acids is 1. The molecule has 0 saturated carbocycles. The Morgan fingerprint density at radius 3 is 2.62 bits per heavy atom. The number of anilines is 1. The monoisotopic (exact) mass is 355 g/mol. The van der Waals surface area contributed by atoms with Crippen LogP contribution in [0.3, 0.4) is 0 Å². The second kappa shape index (κ2) is 9.77. The van der Waals surface area contributed by atoms with Crippen LogP contribution in [-0.2, 0) is 16.1 Å². The van der Waals surface area contributed by atoms with Crippen LogP contribution in [0.2, 0.25) is 0 Å². The molecule has 26 heavy (non-hydrogen) atoms. The molecule has 1 aromatic heterocycles. The first-order valence-electron chi connectivity index (χ1n) is 9.03. The minimum Gasteiger partial charge on any atom is -0.491 e. The zero-order valence-corrected chi connectivity index (χ0v) is 14.9. The molecular formula is C20H25N3O3. The highest BCUT2D eigenvalue weighted by molar-refractivity contribution is 5.77. The summed E-state index contributed by atoms with van der Waals surface area (Å²) in [5.41, 5.74) is 0.980. The topological polar surface area (TPSA) is 63.7 Å². The molecule has 1 fully saturated rings. The molecule has 1 amide bonds. The summed E-state index contributed by atoms with van der Waals surface area (Å²) in [6.07, 6.45) is 4.29. The highest BCUT2D eigenvalue weighted by Crippen LogP contribution is 2.17. The van der Waals surface area contributed by atoms with Crippen molar-refractivity contribution in [2.24, 2.45) is 0 Å². The zero-order chi connectivity index (χ0) is 18.0. The van der Waals surface area contributed by atoms with Crippen LogP contribution >= 0.6 is 0 Å². The summed E-state index contributed by atoms with van der Waals surface area (Å²) in [6, 6.07) is 13.6. The van der Waals surface area contributed by atoms with Gasteiger partial charge in [0.2, 0.25) is 5.91 Å². The van der Waals surface area contributed by atoms with E-state index in [4.69, 9.17) is 9.47 Å². The molecular weight excluding hydrogens is 330 g/mol. The van der Waals surface area contributed by atoms with Gasteiger partial charge < -0.3 is 19.7 Å². The van der Waals surface area contributed by atoms with Crippen LogP contribution in [0.25, 0.3) is 0 Å². The standard InChI is InChI=1S/C20H25N3O3/c24-20(16-25-12-13-26-18-6-2-1-3-7-18)22-15-17-8-9-19(21-14-17)23-10-4-5-11-23/h1-3,6-9,14H,4-5,10-13,15-16H2,(H,22,24). The van der Waals surface area contributed by atoms with Gasteiger partial charge in [0.05, 0.1) is 6.61 Å². The van der Waals surface area contributed by atoms with E-state index in [9.17, 15) is 4.79 Å². The lowest BCUT2D eigenvalue weighted by molar-refractivity contribution is -0.126. The van der Waals surface area contributed by atoms with Crippen molar-refractivity contribution in [3.8, 4) is 5.75 Å². The number of nitrogens with zero attached hydrogens (tertiary/aromatic N) is 2. The summed E-state index contributed by atoms with van der Waals surface area (Å²) in [7, 11) is 0. The molecule has 0 spiro atoms. The Morgan fingerprint density at radius 1 is 1.08 bits per heavy atom. The molecule has 6 heteroatoms. The van der Waals surface area contributed by atoms with Crippen molar-refractivity contribution in [2.75, 3.05) is 37.8 Å². The summed E-state index contributed by atoms with van der Waals surface area (Å²) in [5.74, 6) is 1.66. The van der Waals surface area contributed by atoms with Gasteiger partial charge in [-0.25, -0.2) is 4.98 Å². The molecule has 138 valence electrons. The number of ether oxygens (including phenoxy) is 2. The van der Waals surface area contributed by atoms with Gasteiger partial charge in [0, 0.05) is 25.8 Å². The van der Waals surface area contributed by atoms with Crippen LogP contribution < -0.4 is 15.0 Å². The average molecular weight is 355 g/mol. The first-order chi connectivity index (χ1) is 12.8. The lowest BCUT2D eigenvalue weighted by atomic mass is 10.2. The van der Waals surface area contributed by atoms with Crippen LogP contribution in [0.5, 0.6) is 5.75 Å². The van der Waals surface area contributed by atoms with Gasteiger partial charge in [-0.3, -0.25) is 4.79 Å². The lowest BCUT2D eigenvalue weighted by Crippen LogP contribution is -2.28. The zero-order valence-electron chi connectivity index (χ0n) is 14.9. The van der Waals surface area contributed by atoms with E-state index < -0.39 is 0 Å². The maximum atomic E-state index is 11.8. The number of nitrogens with one attached hydrogen (secondary N) is 1. The highest BCUT2D eigenvalue weighted by atomic mass is 16.5. The molecule has 1 N–H and O–H groups in total. The Kier molecular flexibility index (Phi) is 6.84. The van der Waals surface area contributed by atoms with Crippen molar-refractivity contribution in [1.29, 1.82) is 0 Å². The minimum atomic E-state index is -0.145. The predicted octanol–water partition coefficient (Wildman–Crippen LogP) is 2.39. The third-order valence-corrected chi connectivity index (χ3v) is 4.20. The van der Waals surface area contributed by atoms with Crippen molar-refractivity contribution >= 4 is 11.7 Å². The van der Waals surface area contributed by atoms with Crippen molar-refractivity contribution in [2.45, 2.75) is 19.4 Å². The molecule has 3 rings (SSSR count). The summed E-state index contributed by atoms with van der Waals surface area (Å²) in [4.78, 5) is 18.6. The molecule has 0 atom stereocenters. The Labute approximate surface area is 154 Å². The van der Waals surface area contributed by atoms with E-state index in [1.807, 2.05) is 48.7 Å². The number of aromatic nitrogens is 1. The van der Waals surface area contributed by atoms with Crippen molar-refractivity contribution in [1.82, 2.24) is 10.3 Å². The number of carbonyl (C=O) groups is 1. The maximum absolute atomic E-state index is 11.8. The fourth-order valence-electron chi connectivity index (χ4n) is 2.81. The number of hydrogen-bond donors (Lipinski definition) is 1. The molecule has 1 aromatic carbocycles. The molecule has 1 saturated heterocycles. The molecule has 1 aliphatic heterocycles. The summed E-state index contributed by atoms with van der Waals surface area (Å²) < 4.78 is 10.8. The Hall–Kier alpha value is -2.60. The Balaban J connectivity index is 1.29. The van der Waals surface area contributed by atoms with Gasteiger partial charge in [0.1, 0.15) is 24.8 Å². The first kappa shape index (κ1) is 18.2. The van der Waals surface area contributed by atoms with Crippen LogP contribution in [0.4, 0.5) is 5.82 Å². The van der Waals surface area contributed by atoms with Gasteiger partial charge in [-0.1, -0.05) is 24.3 Å². The van der Waals surface area contributed by atoms with Gasteiger partial charge in [-0.05, 0) is 36.6 Å². The Morgan fingerprint density at radius 2 is 1.88 bits per heavy atom. The van der Waals surface area contributed by atoms with E-state index in [-0.39, 0.29) is 12.5 Å². The first-order valence-corrected chi connectivity index (χ1v) is 9.03. The average Bonchev–Trinajstić information content (AvgIpc) is 3.22. The van der Waals surface area contributed by atoms with Gasteiger partial charge in [-0.2, -0.15) is 0 Å².